The molecular formula is C19H16FNO. The lowest BCUT2D eigenvalue weighted by Gasteiger charge is -2.29. The highest BCUT2D eigenvalue weighted by atomic mass is 19.1. The molecule has 0 fully saturated rings. The van der Waals surface area contributed by atoms with Crippen LogP contribution < -0.4 is 0 Å². The van der Waals surface area contributed by atoms with E-state index in [0.717, 1.165) is 12.1 Å². The summed E-state index contributed by atoms with van der Waals surface area (Å²) in [6.07, 6.45) is 1.32. The van der Waals surface area contributed by atoms with Crippen LogP contribution >= 0.6 is 0 Å². The van der Waals surface area contributed by atoms with E-state index >= 15 is 0 Å². The van der Waals surface area contributed by atoms with Gasteiger partial charge in [-0.05, 0) is 48.1 Å². The first-order chi connectivity index (χ1) is 10.4. The summed E-state index contributed by atoms with van der Waals surface area (Å²) in [6, 6.07) is 9.70. The van der Waals surface area contributed by atoms with Crippen molar-refractivity contribution < 1.29 is 9.18 Å². The number of nitrogens with zero attached hydrogens (tertiary/aromatic N) is 1. The SMILES string of the molecule is CC1(C)CC(=O)c2ccc(C#Cc3cccc(F)c3)nc2C1. The number of aromatic nitrogens is 1. The maximum Gasteiger partial charge on any atom is 0.165 e. The van der Waals surface area contributed by atoms with Gasteiger partial charge in [-0.3, -0.25) is 4.79 Å². The van der Waals surface area contributed by atoms with E-state index in [4.69, 9.17) is 0 Å². The Morgan fingerprint density at radius 3 is 2.73 bits per heavy atom. The molecule has 0 N–H and O–H groups in total. The predicted octanol–water partition coefficient (Wildman–Crippen LogP) is 3.78. The highest BCUT2D eigenvalue weighted by Crippen LogP contribution is 2.33. The summed E-state index contributed by atoms with van der Waals surface area (Å²) in [6.45, 7) is 4.14. The lowest BCUT2D eigenvalue weighted by atomic mass is 9.75. The zero-order valence-electron chi connectivity index (χ0n) is 12.6. The molecule has 1 aromatic heterocycles. The molecule has 110 valence electrons. The van der Waals surface area contributed by atoms with Gasteiger partial charge in [0.2, 0.25) is 0 Å². The van der Waals surface area contributed by atoms with Gasteiger partial charge in [0, 0.05) is 17.5 Å². The number of Topliss-reactive ketones (excluding diaryl/α,β-unsaturated/α-hetero) is 1. The van der Waals surface area contributed by atoms with Crippen molar-refractivity contribution in [1.29, 1.82) is 0 Å². The predicted molar refractivity (Wildman–Crippen MR) is 83.0 cm³/mol. The van der Waals surface area contributed by atoms with Gasteiger partial charge in [0.05, 0.1) is 5.69 Å². The molecule has 2 nitrogen and oxygen atoms in total. The van der Waals surface area contributed by atoms with Crippen LogP contribution in [0.1, 0.15) is 47.6 Å². The van der Waals surface area contributed by atoms with Gasteiger partial charge in [-0.25, -0.2) is 9.37 Å². The molecule has 2 aromatic rings. The van der Waals surface area contributed by atoms with Crippen LogP contribution in [0.5, 0.6) is 0 Å². The maximum absolute atomic E-state index is 13.1. The van der Waals surface area contributed by atoms with Gasteiger partial charge < -0.3 is 0 Å². The Balaban J connectivity index is 1.93. The Hall–Kier alpha value is -2.47. The largest absolute Gasteiger partial charge is 0.294 e. The van der Waals surface area contributed by atoms with Crippen molar-refractivity contribution >= 4 is 5.78 Å². The first-order valence-electron chi connectivity index (χ1n) is 7.24. The van der Waals surface area contributed by atoms with E-state index in [1.807, 2.05) is 0 Å². The van der Waals surface area contributed by atoms with E-state index in [2.05, 4.69) is 30.7 Å². The summed E-state index contributed by atoms with van der Waals surface area (Å²) < 4.78 is 13.1. The Morgan fingerprint density at radius 2 is 1.95 bits per heavy atom. The van der Waals surface area contributed by atoms with Crippen molar-refractivity contribution in [3.05, 3.63) is 64.7 Å². The van der Waals surface area contributed by atoms with Crippen molar-refractivity contribution in [1.82, 2.24) is 4.98 Å². The summed E-state index contributed by atoms with van der Waals surface area (Å²) in [4.78, 5) is 16.6. The van der Waals surface area contributed by atoms with Gasteiger partial charge in [-0.1, -0.05) is 25.8 Å². The van der Waals surface area contributed by atoms with Crippen LogP contribution in [0.4, 0.5) is 4.39 Å². The van der Waals surface area contributed by atoms with E-state index in [1.54, 1.807) is 24.3 Å². The molecule has 0 aliphatic heterocycles. The van der Waals surface area contributed by atoms with Crippen LogP contribution in [0.3, 0.4) is 0 Å². The normalized spacial score (nSPS) is 15.7. The van der Waals surface area contributed by atoms with Gasteiger partial charge in [-0.15, -0.1) is 0 Å². The third kappa shape index (κ3) is 3.07. The van der Waals surface area contributed by atoms with Crippen molar-refractivity contribution in [3.63, 3.8) is 0 Å². The van der Waals surface area contributed by atoms with Crippen LogP contribution in [0.25, 0.3) is 0 Å². The van der Waals surface area contributed by atoms with Gasteiger partial charge in [-0.2, -0.15) is 0 Å². The molecule has 0 bridgehead atoms. The molecule has 22 heavy (non-hydrogen) atoms. The monoisotopic (exact) mass is 293 g/mol. The minimum atomic E-state index is -0.308. The number of hydrogen-bond donors (Lipinski definition) is 0. The molecule has 1 heterocycles. The van der Waals surface area contributed by atoms with Crippen LogP contribution in [0, 0.1) is 23.1 Å². The Morgan fingerprint density at radius 1 is 1.14 bits per heavy atom. The Bertz CT molecular complexity index is 812. The summed E-state index contributed by atoms with van der Waals surface area (Å²) in [5.41, 5.74) is 2.67. The number of rotatable bonds is 0. The summed E-state index contributed by atoms with van der Waals surface area (Å²) >= 11 is 0. The number of halogens is 1. The van der Waals surface area contributed by atoms with Crippen LogP contribution in [0.15, 0.2) is 36.4 Å². The molecule has 0 unspecified atom stereocenters. The molecule has 1 aliphatic rings. The zero-order chi connectivity index (χ0) is 15.7. The minimum absolute atomic E-state index is 0.0638. The molecule has 1 aliphatic carbocycles. The number of carbonyl (C=O) groups excluding carboxylic acids is 1. The number of hydrogen-bond acceptors (Lipinski definition) is 2. The molecule has 0 spiro atoms. The highest BCUT2D eigenvalue weighted by molar-refractivity contribution is 5.98. The third-order valence-electron chi connectivity index (χ3n) is 3.72. The topological polar surface area (TPSA) is 30.0 Å². The molecule has 3 heteroatoms. The van der Waals surface area contributed by atoms with Crippen LogP contribution in [0.2, 0.25) is 0 Å². The van der Waals surface area contributed by atoms with Gasteiger partial charge in [0.15, 0.2) is 5.78 Å². The molecule has 0 atom stereocenters. The van der Waals surface area contributed by atoms with Crippen molar-refractivity contribution in [3.8, 4) is 11.8 Å². The van der Waals surface area contributed by atoms with Crippen LogP contribution in [-0.4, -0.2) is 10.8 Å². The fourth-order valence-electron chi connectivity index (χ4n) is 2.71. The Labute approximate surface area is 129 Å². The summed E-state index contributed by atoms with van der Waals surface area (Å²) in [5, 5.41) is 0. The van der Waals surface area contributed by atoms with E-state index < -0.39 is 0 Å². The Kier molecular flexibility index (Phi) is 3.54. The van der Waals surface area contributed by atoms with Gasteiger partial charge in [0.1, 0.15) is 11.5 Å². The van der Waals surface area contributed by atoms with E-state index in [9.17, 15) is 9.18 Å². The van der Waals surface area contributed by atoms with Crippen molar-refractivity contribution in [2.45, 2.75) is 26.7 Å². The van der Waals surface area contributed by atoms with Crippen molar-refractivity contribution in [2.24, 2.45) is 5.41 Å². The van der Waals surface area contributed by atoms with E-state index in [-0.39, 0.29) is 17.0 Å². The maximum atomic E-state index is 13.1. The third-order valence-corrected chi connectivity index (χ3v) is 3.72. The molecule has 3 rings (SSSR count). The lowest BCUT2D eigenvalue weighted by molar-refractivity contribution is 0.0910. The molecule has 0 saturated heterocycles. The first kappa shape index (κ1) is 14.5. The quantitative estimate of drug-likeness (QED) is 0.692. The standard InChI is InChI=1S/C19H16FNO/c1-19(2)11-17-16(18(22)12-19)9-8-15(21-17)7-6-13-4-3-5-14(20)10-13/h3-5,8-10H,11-12H2,1-2H3. The second-order valence-electron chi connectivity index (χ2n) is 6.39. The summed E-state index contributed by atoms with van der Waals surface area (Å²) in [7, 11) is 0. The fraction of sp³-hybridized carbons (Fsp3) is 0.263. The lowest BCUT2D eigenvalue weighted by Crippen LogP contribution is -2.28. The number of benzene rings is 1. The molecule has 1 aromatic carbocycles. The average molecular weight is 293 g/mol. The fourth-order valence-corrected chi connectivity index (χ4v) is 2.71. The van der Waals surface area contributed by atoms with E-state index in [0.29, 0.717) is 23.2 Å². The number of fused-ring (bicyclic) bond motifs is 1. The molecule has 0 radical (unpaired) electrons. The zero-order valence-corrected chi connectivity index (χ0v) is 12.6. The minimum Gasteiger partial charge on any atom is -0.294 e. The van der Waals surface area contributed by atoms with Crippen molar-refractivity contribution in [2.75, 3.05) is 0 Å². The smallest absolute Gasteiger partial charge is 0.165 e. The van der Waals surface area contributed by atoms with E-state index in [1.165, 1.54) is 12.1 Å². The number of ketones is 1. The van der Waals surface area contributed by atoms with Gasteiger partial charge >= 0.3 is 0 Å². The van der Waals surface area contributed by atoms with Crippen LogP contribution in [-0.2, 0) is 6.42 Å². The second-order valence-corrected chi connectivity index (χ2v) is 6.39. The molecular weight excluding hydrogens is 277 g/mol. The highest BCUT2D eigenvalue weighted by Gasteiger charge is 2.31. The first-order valence-corrected chi connectivity index (χ1v) is 7.24. The second kappa shape index (κ2) is 5.38. The average Bonchev–Trinajstić information content (AvgIpc) is 2.43. The molecule has 0 amide bonds. The van der Waals surface area contributed by atoms with Gasteiger partial charge in [0.25, 0.3) is 0 Å². The summed E-state index contributed by atoms with van der Waals surface area (Å²) in [5.74, 6) is 5.68. The molecule has 0 saturated carbocycles. The number of carbonyl (C=O) groups is 1. The number of pyridine rings is 1.